The highest BCUT2D eigenvalue weighted by Crippen LogP contribution is 2.36. The number of hydrogen-bond acceptors (Lipinski definition) is 6. The lowest BCUT2D eigenvalue weighted by Crippen LogP contribution is -2.13. The topological polar surface area (TPSA) is 118 Å². The van der Waals surface area contributed by atoms with Crippen LogP contribution >= 0.6 is 0 Å². The van der Waals surface area contributed by atoms with Crippen LogP contribution in [0.4, 0.5) is 5.69 Å². The highest BCUT2D eigenvalue weighted by atomic mass is 16.6. The van der Waals surface area contributed by atoms with Crippen molar-refractivity contribution in [1.82, 2.24) is 4.98 Å². The molecule has 3 aromatic rings. The van der Waals surface area contributed by atoms with Crippen molar-refractivity contribution >= 4 is 5.69 Å². The fraction of sp³-hybridized carbons (Fsp3) is 0.100. The molecule has 1 heterocycles. The fourth-order valence-corrected chi connectivity index (χ4v) is 2.85. The summed E-state index contributed by atoms with van der Waals surface area (Å²) in [5.74, 6) is 0.977. The second-order valence-electron chi connectivity index (χ2n) is 5.79. The van der Waals surface area contributed by atoms with Gasteiger partial charge in [-0.05, 0) is 24.3 Å². The lowest BCUT2D eigenvalue weighted by molar-refractivity contribution is -0.384. The third-order valence-electron chi connectivity index (χ3n) is 4.21. The van der Waals surface area contributed by atoms with Crippen LogP contribution in [0.5, 0.6) is 11.5 Å². The summed E-state index contributed by atoms with van der Waals surface area (Å²) in [6.45, 7) is 0. The summed E-state index contributed by atoms with van der Waals surface area (Å²) in [7, 11) is 2.98. The van der Waals surface area contributed by atoms with Crippen LogP contribution in [0, 0.1) is 21.4 Å². The maximum Gasteiger partial charge on any atom is 0.270 e. The van der Waals surface area contributed by atoms with Crippen molar-refractivity contribution in [3.05, 3.63) is 74.6 Å². The Balaban J connectivity index is 2.29. The zero-order valence-electron chi connectivity index (χ0n) is 15.1. The summed E-state index contributed by atoms with van der Waals surface area (Å²) in [6, 6.07) is 14.4. The van der Waals surface area contributed by atoms with Crippen molar-refractivity contribution in [2.75, 3.05) is 14.2 Å². The normalized spacial score (nSPS) is 10.2. The van der Waals surface area contributed by atoms with Gasteiger partial charge < -0.3 is 14.5 Å². The van der Waals surface area contributed by atoms with E-state index in [1.54, 1.807) is 30.3 Å². The number of aromatic amines is 1. The summed E-state index contributed by atoms with van der Waals surface area (Å²) >= 11 is 0. The van der Waals surface area contributed by atoms with E-state index in [1.807, 2.05) is 6.07 Å². The number of nitrogens with one attached hydrogen (secondary N) is 1. The fourth-order valence-electron chi connectivity index (χ4n) is 2.85. The number of ether oxygens (including phenoxy) is 2. The van der Waals surface area contributed by atoms with Gasteiger partial charge in [0.1, 0.15) is 23.1 Å². The Morgan fingerprint density at radius 1 is 1.07 bits per heavy atom. The average molecular weight is 377 g/mol. The molecule has 8 heteroatoms. The molecule has 0 aliphatic carbocycles. The molecule has 0 amide bonds. The number of non-ortho nitro benzene ring substituents is 1. The van der Waals surface area contributed by atoms with Gasteiger partial charge in [-0.15, -0.1) is 0 Å². The molecule has 3 rings (SSSR count). The zero-order valence-corrected chi connectivity index (χ0v) is 15.1. The van der Waals surface area contributed by atoms with Gasteiger partial charge in [-0.1, -0.05) is 12.1 Å². The quantitative estimate of drug-likeness (QED) is 0.537. The molecule has 1 aromatic heterocycles. The first-order chi connectivity index (χ1) is 13.5. The highest BCUT2D eigenvalue weighted by Gasteiger charge is 2.17. The Kier molecular flexibility index (Phi) is 5.09. The highest BCUT2D eigenvalue weighted by molar-refractivity contribution is 5.80. The van der Waals surface area contributed by atoms with Crippen LogP contribution in [-0.2, 0) is 0 Å². The number of nitro benzene ring substituents is 1. The van der Waals surface area contributed by atoms with Gasteiger partial charge in [0.25, 0.3) is 11.2 Å². The van der Waals surface area contributed by atoms with Gasteiger partial charge in [-0.3, -0.25) is 14.9 Å². The van der Waals surface area contributed by atoms with E-state index in [2.05, 4.69) is 4.98 Å². The summed E-state index contributed by atoms with van der Waals surface area (Å²) < 4.78 is 10.6. The van der Waals surface area contributed by atoms with Crippen LogP contribution in [0.25, 0.3) is 22.4 Å². The van der Waals surface area contributed by atoms with Crippen LogP contribution in [0.15, 0.2) is 53.3 Å². The first kappa shape index (κ1) is 18.7. The summed E-state index contributed by atoms with van der Waals surface area (Å²) in [5.41, 5.74) is 0.807. The third-order valence-corrected chi connectivity index (χ3v) is 4.21. The molecular weight excluding hydrogens is 362 g/mol. The number of hydrogen-bond donors (Lipinski definition) is 1. The predicted octanol–water partition coefficient (Wildman–Crippen LogP) is 3.51. The number of pyridine rings is 1. The number of H-pyrrole nitrogens is 1. The molecule has 0 unspecified atom stereocenters. The summed E-state index contributed by atoms with van der Waals surface area (Å²) in [6.07, 6.45) is 0. The minimum atomic E-state index is -0.605. The monoisotopic (exact) mass is 377 g/mol. The molecule has 0 aliphatic rings. The maximum absolute atomic E-state index is 12.5. The van der Waals surface area contributed by atoms with Crippen molar-refractivity contribution in [2.45, 2.75) is 0 Å². The van der Waals surface area contributed by atoms with Gasteiger partial charge in [-0.25, -0.2) is 0 Å². The number of aromatic nitrogens is 1. The Morgan fingerprint density at radius 2 is 1.86 bits per heavy atom. The molecule has 1 N–H and O–H groups in total. The molecule has 0 bridgehead atoms. The van der Waals surface area contributed by atoms with Crippen LogP contribution in [0.3, 0.4) is 0 Å². The Bertz CT molecular complexity index is 1160. The third kappa shape index (κ3) is 3.41. The van der Waals surface area contributed by atoms with Crippen molar-refractivity contribution in [3.63, 3.8) is 0 Å². The van der Waals surface area contributed by atoms with E-state index >= 15 is 0 Å². The molecule has 0 saturated carbocycles. The molecule has 8 nitrogen and oxygen atoms in total. The predicted molar refractivity (Wildman–Crippen MR) is 102 cm³/mol. The van der Waals surface area contributed by atoms with Crippen molar-refractivity contribution in [2.24, 2.45) is 0 Å². The largest absolute Gasteiger partial charge is 0.497 e. The molecule has 0 atom stereocenters. The van der Waals surface area contributed by atoms with Crippen LogP contribution in [-0.4, -0.2) is 24.1 Å². The van der Waals surface area contributed by atoms with Crippen LogP contribution in [0.1, 0.15) is 5.56 Å². The smallest absolute Gasteiger partial charge is 0.270 e. The molecule has 2 aromatic carbocycles. The van der Waals surface area contributed by atoms with E-state index in [0.717, 1.165) is 0 Å². The number of benzene rings is 2. The number of methoxy groups -OCH3 is 2. The Morgan fingerprint density at radius 3 is 2.50 bits per heavy atom. The minimum absolute atomic E-state index is 0.0965. The molecule has 0 aliphatic heterocycles. The van der Waals surface area contributed by atoms with E-state index in [4.69, 9.17) is 9.47 Å². The number of nitriles is 1. The molecule has 28 heavy (non-hydrogen) atoms. The van der Waals surface area contributed by atoms with E-state index in [1.165, 1.54) is 32.4 Å². The molecule has 0 fully saturated rings. The van der Waals surface area contributed by atoms with Gasteiger partial charge in [0.05, 0.1) is 19.1 Å². The molecular formula is C20H15N3O5. The summed E-state index contributed by atoms with van der Waals surface area (Å²) in [4.78, 5) is 25.7. The second-order valence-corrected chi connectivity index (χ2v) is 5.79. The van der Waals surface area contributed by atoms with Gasteiger partial charge >= 0.3 is 0 Å². The van der Waals surface area contributed by atoms with Gasteiger partial charge in [-0.2, -0.15) is 5.26 Å². The van der Waals surface area contributed by atoms with Crippen molar-refractivity contribution in [3.8, 4) is 40.0 Å². The van der Waals surface area contributed by atoms with Crippen molar-refractivity contribution in [1.29, 1.82) is 5.26 Å². The zero-order chi connectivity index (χ0) is 20.3. The van der Waals surface area contributed by atoms with Gasteiger partial charge in [0.2, 0.25) is 0 Å². The lowest BCUT2D eigenvalue weighted by atomic mass is 9.98. The maximum atomic E-state index is 12.5. The minimum Gasteiger partial charge on any atom is -0.497 e. The Labute approximate surface area is 159 Å². The standard InChI is InChI=1S/C20H15N3O5/c1-27-14-6-7-19(28-2)16(9-14)15-10-18(22-20(24)17(15)11-21)12-4-3-5-13(8-12)23(25)26/h3-10H,1-2H3,(H,22,24). The summed E-state index contributed by atoms with van der Waals surface area (Å²) in [5, 5.41) is 20.6. The van der Waals surface area contributed by atoms with Gasteiger partial charge in [0, 0.05) is 34.5 Å². The average Bonchev–Trinajstić information content (AvgIpc) is 2.72. The first-order valence-corrected chi connectivity index (χ1v) is 8.13. The number of nitro groups is 1. The van der Waals surface area contributed by atoms with Gasteiger partial charge in [0.15, 0.2) is 0 Å². The van der Waals surface area contributed by atoms with Crippen LogP contribution in [0.2, 0.25) is 0 Å². The molecule has 0 spiro atoms. The van der Waals surface area contributed by atoms with E-state index < -0.39 is 10.5 Å². The first-order valence-electron chi connectivity index (χ1n) is 8.13. The SMILES string of the molecule is COc1ccc(OC)c(-c2cc(-c3cccc([N+](=O)[O-])c3)[nH]c(=O)c2C#N)c1. The second kappa shape index (κ2) is 7.63. The molecule has 0 radical (unpaired) electrons. The number of rotatable bonds is 5. The van der Waals surface area contributed by atoms with E-state index in [-0.39, 0.29) is 11.3 Å². The Hall–Kier alpha value is -4.12. The molecule has 140 valence electrons. The number of nitrogens with zero attached hydrogens (tertiary/aromatic N) is 2. The lowest BCUT2D eigenvalue weighted by Gasteiger charge is -2.13. The van der Waals surface area contributed by atoms with Crippen LogP contribution < -0.4 is 15.0 Å². The van der Waals surface area contributed by atoms with E-state index in [0.29, 0.717) is 33.9 Å². The molecule has 0 saturated heterocycles. The van der Waals surface area contributed by atoms with Crippen molar-refractivity contribution < 1.29 is 14.4 Å². The van der Waals surface area contributed by atoms with E-state index in [9.17, 15) is 20.2 Å².